The summed E-state index contributed by atoms with van der Waals surface area (Å²) in [5, 5.41) is 3.12. The molecule has 4 nitrogen and oxygen atoms in total. The van der Waals surface area contributed by atoms with Crippen LogP contribution >= 0.6 is 0 Å². The van der Waals surface area contributed by atoms with Crippen LogP contribution in [0.25, 0.3) is 0 Å². The van der Waals surface area contributed by atoms with Crippen LogP contribution in [0.2, 0.25) is 0 Å². The zero-order chi connectivity index (χ0) is 9.97. The van der Waals surface area contributed by atoms with Gasteiger partial charge < -0.3 is 10.3 Å². The van der Waals surface area contributed by atoms with E-state index < -0.39 is 0 Å². The van der Waals surface area contributed by atoms with Crippen LogP contribution in [0.15, 0.2) is 24.5 Å². The summed E-state index contributed by atoms with van der Waals surface area (Å²) >= 11 is 0. The standard InChI is InChI=1S/C10H12N4/c1-7-3-4-9(6-11-7)14-10-12-5-8(2)13-10/h3-6H,1-2H3,(H2,12,13,14). The topological polar surface area (TPSA) is 53.6 Å². The molecule has 2 rings (SSSR count). The van der Waals surface area contributed by atoms with Crippen molar-refractivity contribution in [3.8, 4) is 0 Å². The van der Waals surface area contributed by atoms with Crippen LogP contribution in [0.1, 0.15) is 11.4 Å². The van der Waals surface area contributed by atoms with E-state index in [9.17, 15) is 0 Å². The zero-order valence-corrected chi connectivity index (χ0v) is 8.20. The Hall–Kier alpha value is -1.84. The number of aryl methyl sites for hydroxylation is 2. The molecular formula is C10H12N4. The molecule has 0 radical (unpaired) electrons. The average Bonchev–Trinajstić information content (AvgIpc) is 2.56. The number of imidazole rings is 1. The molecule has 0 aliphatic heterocycles. The van der Waals surface area contributed by atoms with Gasteiger partial charge in [-0.05, 0) is 26.0 Å². The van der Waals surface area contributed by atoms with E-state index in [4.69, 9.17) is 0 Å². The van der Waals surface area contributed by atoms with Crippen LogP contribution < -0.4 is 5.32 Å². The molecule has 2 N–H and O–H groups in total. The third-order valence-corrected chi connectivity index (χ3v) is 1.88. The van der Waals surface area contributed by atoms with E-state index in [0.29, 0.717) is 0 Å². The predicted molar refractivity (Wildman–Crippen MR) is 55.6 cm³/mol. The van der Waals surface area contributed by atoms with Gasteiger partial charge in [-0.3, -0.25) is 4.98 Å². The molecule has 0 fully saturated rings. The summed E-state index contributed by atoms with van der Waals surface area (Å²) in [6, 6.07) is 3.93. The number of aromatic amines is 1. The molecular weight excluding hydrogens is 176 g/mol. The minimum absolute atomic E-state index is 0.744. The van der Waals surface area contributed by atoms with E-state index in [-0.39, 0.29) is 0 Å². The number of nitrogens with zero attached hydrogens (tertiary/aromatic N) is 2. The number of anilines is 2. The highest BCUT2D eigenvalue weighted by Crippen LogP contribution is 2.11. The normalized spacial score (nSPS) is 10.1. The van der Waals surface area contributed by atoms with Crippen molar-refractivity contribution in [2.24, 2.45) is 0 Å². The fourth-order valence-electron chi connectivity index (χ4n) is 1.15. The van der Waals surface area contributed by atoms with Gasteiger partial charge in [-0.15, -0.1) is 0 Å². The van der Waals surface area contributed by atoms with E-state index in [2.05, 4.69) is 20.3 Å². The highest BCUT2D eigenvalue weighted by Gasteiger charge is 1.97. The van der Waals surface area contributed by atoms with Gasteiger partial charge in [-0.25, -0.2) is 4.98 Å². The summed E-state index contributed by atoms with van der Waals surface area (Å²) in [7, 11) is 0. The lowest BCUT2D eigenvalue weighted by atomic mass is 10.3. The van der Waals surface area contributed by atoms with Crippen molar-refractivity contribution in [2.45, 2.75) is 13.8 Å². The van der Waals surface area contributed by atoms with Crippen LogP contribution in [0.5, 0.6) is 0 Å². The first-order valence-electron chi connectivity index (χ1n) is 4.45. The molecule has 0 bridgehead atoms. The molecule has 2 aromatic heterocycles. The molecule has 72 valence electrons. The second kappa shape index (κ2) is 3.49. The van der Waals surface area contributed by atoms with Crippen molar-refractivity contribution in [1.29, 1.82) is 0 Å². The summed E-state index contributed by atoms with van der Waals surface area (Å²) in [5.74, 6) is 0.744. The zero-order valence-electron chi connectivity index (χ0n) is 8.20. The van der Waals surface area contributed by atoms with Crippen LogP contribution in [-0.4, -0.2) is 15.0 Å². The van der Waals surface area contributed by atoms with Crippen LogP contribution in [0, 0.1) is 13.8 Å². The Morgan fingerprint density at radius 2 is 2.00 bits per heavy atom. The third kappa shape index (κ3) is 1.90. The van der Waals surface area contributed by atoms with Gasteiger partial charge in [0.15, 0.2) is 0 Å². The lowest BCUT2D eigenvalue weighted by molar-refractivity contribution is 1.18. The van der Waals surface area contributed by atoms with Crippen LogP contribution in [0.4, 0.5) is 11.6 Å². The van der Waals surface area contributed by atoms with Gasteiger partial charge in [0, 0.05) is 17.6 Å². The van der Waals surface area contributed by atoms with Gasteiger partial charge in [-0.2, -0.15) is 0 Å². The van der Waals surface area contributed by atoms with Crippen molar-refractivity contribution in [1.82, 2.24) is 15.0 Å². The molecule has 2 aromatic rings. The number of aromatic nitrogens is 3. The summed E-state index contributed by atoms with van der Waals surface area (Å²) < 4.78 is 0. The molecule has 2 heterocycles. The Morgan fingerprint density at radius 3 is 2.57 bits per heavy atom. The SMILES string of the molecule is Cc1ccc(Nc2ncc(C)[nH]2)cn1. The van der Waals surface area contributed by atoms with Crippen molar-refractivity contribution >= 4 is 11.6 Å². The molecule has 0 aliphatic carbocycles. The van der Waals surface area contributed by atoms with Crippen molar-refractivity contribution in [3.05, 3.63) is 35.9 Å². The number of hydrogen-bond donors (Lipinski definition) is 2. The van der Waals surface area contributed by atoms with Crippen molar-refractivity contribution < 1.29 is 0 Å². The van der Waals surface area contributed by atoms with Gasteiger partial charge in [-0.1, -0.05) is 0 Å². The lowest BCUT2D eigenvalue weighted by Crippen LogP contribution is -1.93. The molecule has 0 aliphatic rings. The highest BCUT2D eigenvalue weighted by molar-refractivity contribution is 5.51. The maximum absolute atomic E-state index is 4.18. The molecule has 0 unspecified atom stereocenters. The molecule has 0 atom stereocenters. The Labute approximate surface area is 82.4 Å². The van der Waals surface area contributed by atoms with Crippen molar-refractivity contribution in [2.75, 3.05) is 5.32 Å². The molecule has 0 saturated carbocycles. The molecule has 0 spiro atoms. The van der Waals surface area contributed by atoms with Gasteiger partial charge in [0.25, 0.3) is 0 Å². The van der Waals surface area contributed by atoms with E-state index >= 15 is 0 Å². The van der Waals surface area contributed by atoms with Gasteiger partial charge >= 0.3 is 0 Å². The molecule has 0 saturated heterocycles. The first-order chi connectivity index (χ1) is 6.74. The summed E-state index contributed by atoms with van der Waals surface area (Å²) in [6.07, 6.45) is 3.57. The second-order valence-corrected chi connectivity index (χ2v) is 3.23. The van der Waals surface area contributed by atoms with E-state index in [1.165, 1.54) is 0 Å². The summed E-state index contributed by atoms with van der Waals surface area (Å²) in [5.41, 5.74) is 2.98. The lowest BCUT2D eigenvalue weighted by Gasteiger charge is -2.01. The van der Waals surface area contributed by atoms with Gasteiger partial charge in [0.1, 0.15) is 0 Å². The fraction of sp³-hybridized carbons (Fsp3) is 0.200. The molecule has 0 aromatic carbocycles. The summed E-state index contributed by atoms with van der Waals surface area (Å²) in [4.78, 5) is 11.4. The number of rotatable bonds is 2. The van der Waals surface area contributed by atoms with E-state index in [1.807, 2.05) is 26.0 Å². The summed E-state index contributed by atoms with van der Waals surface area (Å²) in [6.45, 7) is 3.92. The number of nitrogens with one attached hydrogen (secondary N) is 2. The van der Waals surface area contributed by atoms with Crippen molar-refractivity contribution in [3.63, 3.8) is 0 Å². The van der Waals surface area contributed by atoms with Gasteiger partial charge in [0.05, 0.1) is 11.9 Å². The third-order valence-electron chi connectivity index (χ3n) is 1.88. The van der Waals surface area contributed by atoms with Crippen LogP contribution in [0.3, 0.4) is 0 Å². The maximum Gasteiger partial charge on any atom is 0.204 e. The number of pyridine rings is 1. The minimum atomic E-state index is 0.744. The van der Waals surface area contributed by atoms with Crippen LogP contribution in [-0.2, 0) is 0 Å². The molecule has 0 amide bonds. The maximum atomic E-state index is 4.18. The monoisotopic (exact) mass is 188 g/mol. The Balaban J connectivity index is 2.15. The number of hydrogen-bond acceptors (Lipinski definition) is 3. The van der Waals surface area contributed by atoms with E-state index in [0.717, 1.165) is 23.0 Å². The van der Waals surface area contributed by atoms with Gasteiger partial charge in [0.2, 0.25) is 5.95 Å². The Bertz CT molecular complexity index is 416. The predicted octanol–water partition coefficient (Wildman–Crippen LogP) is 2.17. The largest absolute Gasteiger partial charge is 0.328 e. The number of H-pyrrole nitrogens is 1. The fourth-order valence-corrected chi connectivity index (χ4v) is 1.15. The second-order valence-electron chi connectivity index (χ2n) is 3.23. The Morgan fingerprint density at radius 1 is 1.14 bits per heavy atom. The average molecular weight is 188 g/mol. The first-order valence-corrected chi connectivity index (χ1v) is 4.45. The quantitative estimate of drug-likeness (QED) is 0.759. The Kier molecular flexibility index (Phi) is 2.18. The smallest absolute Gasteiger partial charge is 0.204 e. The highest BCUT2D eigenvalue weighted by atomic mass is 15.1. The molecule has 14 heavy (non-hydrogen) atoms. The minimum Gasteiger partial charge on any atom is -0.328 e. The van der Waals surface area contributed by atoms with E-state index in [1.54, 1.807) is 12.4 Å². The first kappa shape index (κ1) is 8.74. The molecule has 4 heteroatoms.